The average molecular weight is 211 g/mol. The Morgan fingerprint density at radius 2 is 2.20 bits per heavy atom. The Bertz CT molecular complexity index is 405. The zero-order chi connectivity index (χ0) is 11.4. The number of hydrogen-bond acceptors (Lipinski definition) is 5. The van der Waals surface area contributed by atoms with Crippen molar-refractivity contribution in [3.05, 3.63) is 33.9 Å². The molecule has 15 heavy (non-hydrogen) atoms. The van der Waals surface area contributed by atoms with E-state index in [0.717, 1.165) is 18.2 Å². The van der Waals surface area contributed by atoms with Crippen LogP contribution in [0.5, 0.6) is 5.75 Å². The van der Waals surface area contributed by atoms with Gasteiger partial charge in [0.05, 0.1) is 10.5 Å². The summed E-state index contributed by atoms with van der Waals surface area (Å²) < 4.78 is 0. The Kier molecular flexibility index (Phi) is 3.19. The van der Waals surface area contributed by atoms with Crippen LogP contribution in [0.15, 0.2) is 18.2 Å². The van der Waals surface area contributed by atoms with Crippen LogP contribution >= 0.6 is 0 Å². The first-order valence-electron chi connectivity index (χ1n) is 4.00. The molecule has 0 aliphatic rings. The molecule has 0 saturated heterocycles. The summed E-state index contributed by atoms with van der Waals surface area (Å²) in [4.78, 5) is 21.1. The van der Waals surface area contributed by atoms with E-state index in [0.29, 0.717) is 0 Å². The molecule has 0 bridgehead atoms. The number of benzene rings is 1. The number of hydrazine groups is 1. The molecule has 0 atom stereocenters. The van der Waals surface area contributed by atoms with Gasteiger partial charge in [-0.15, -0.1) is 0 Å². The fourth-order valence-electron chi connectivity index (χ4n) is 1.00. The highest BCUT2D eigenvalue weighted by atomic mass is 16.6. The molecule has 0 spiro atoms. The van der Waals surface area contributed by atoms with E-state index < -0.39 is 10.8 Å². The molecule has 3 N–H and O–H groups in total. The number of rotatable bonds is 3. The van der Waals surface area contributed by atoms with Crippen molar-refractivity contribution in [2.45, 2.75) is 0 Å². The largest absolute Gasteiger partial charge is 0.507 e. The van der Waals surface area contributed by atoms with Crippen LogP contribution in [0.25, 0.3) is 0 Å². The summed E-state index contributed by atoms with van der Waals surface area (Å²) in [6.45, 7) is 0. The molecule has 7 nitrogen and oxygen atoms in total. The Hall–Kier alpha value is -2.15. The van der Waals surface area contributed by atoms with Gasteiger partial charge < -0.3 is 5.11 Å². The van der Waals surface area contributed by atoms with E-state index in [1.165, 1.54) is 7.05 Å². The molecule has 0 unspecified atom stereocenters. The molecule has 0 saturated carbocycles. The highest BCUT2D eigenvalue weighted by Crippen LogP contribution is 2.22. The summed E-state index contributed by atoms with van der Waals surface area (Å²) >= 11 is 0. The summed E-state index contributed by atoms with van der Waals surface area (Å²) in [5.74, 6) is -0.952. The van der Waals surface area contributed by atoms with Gasteiger partial charge in [0.2, 0.25) is 0 Å². The number of carbonyl (C=O) groups excluding carboxylic acids is 1. The van der Waals surface area contributed by atoms with Gasteiger partial charge in [-0.2, -0.15) is 0 Å². The van der Waals surface area contributed by atoms with Crippen molar-refractivity contribution >= 4 is 11.6 Å². The van der Waals surface area contributed by atoms with Crippen molar-refractivity contribution in [3.8, 4) is 5.75 Å². The average Bonchev–Trinajstić information content (AvgIpc) is 2.18. The number of nitrogens with one attached hydrogen (secondary N) is 2. The van der Waals surface area contributed by atoms with Gasteiger partial charge >= 0.3 is 0 Å². The first kappa shape index (κ1) is 10.9. The predicted octanol–water partition coefficient (Wildman–Crippen LogP) is 0.165. The summed E-state index contributed by atoms with van der Waals surface area (Å²) in [6.07, 6.45) is 0. The van der Waals surface area contributed by atoms with Gasteiger partial charge in [-0.3, -0.25) is 20.3 Å². The number of phenolic OH excluding ortho intramolecular Hbond substituents is 1. The van der Waals surface area contributed by atoms with Crippen molar-refractivity contribution in [1.29, 1.82) is 0 Å². The van der Waals surface area contributed by atoms with Crippen LogP contribution in [0.2, 0.25) is 0 Å². The molecule has 80 valence electrons. The Labute approximate surface area is 84.8 Å². The molecule has 0 heterocycles. The molecular formula is C8H9N3O4. The monoisotopic (exact) mass is 211 g/mol. The number of non-ortho nitro benzene ring substituents is 1. The van der Waals surface area contributed by atoms with Crippen molar-refractivity contribution in [2.24, 2.45) is 0 Å². The lowest BCUT2D eigenvalue weighted by atomic mass is 10.1. The van der Waals surface area contributed by atoms with E-state index in [4.69, 9.17) is 0 Å². The van der Waals surface area contributed by atoms with Crippen LogP contribution in [0.4, 0.5) is 5.69 Å². The Morgan fingerprint density at radius 1 is 1.53 bits per heavy atom. The fourth-order valence-corrected chi connectivity index (χ4v) is 1.00. The molecule has 0 radical (unpaired) electrons. The van der Waals surface area contributed by atoms with Gasteiger partial charge in [-0.25, -0.2) is 5.43 Å². The second-order valence-corrected chi connectivity index (χ2v) is 2.66. The number of aromatic hydroxyl groups is 1. The number of phenols is 1. The summed E-state index contributed by atoms with van der Waals surface area (Å²) in [6, 6.07) is 3.22. The third-order valence-corrected chi connectivity index (χ3v) is 1.67. The number of nitro benzene ring substituents is 1. The Morgan fingerprint density at radius 3 is 2.73 bits per heavy atom. The van der Waals surface area contributed by atoms with Crippen LogP contribution in [-0.2, 0) is 0 Å². The van der Waals surface area contributed by atoms with Crippen molar-refractivity contribution in [3.63, 3.8) is 0 Å². The lowest BCUT2D eigenvalue weighted by Crippen LogP contribution is -2.34. The second kappa shape index (κ2) is 4.38. The number of hydrogen-bond donors (Lipinski definition) is 3. The smallest absolute Gasteiger partial charge is 0.270 e. The summed E-state index contributed by atoms with van der Waals surface area (Å²) in [5, 5.41) is 19.7. The van der Waals surface area contributed by atoms with Gasteiger partial charge in [0.1, 0.15) is 5.75 Å². The minimum absolute atomic E-state index is 0.154. The molecule has 0 aliphatic heterocycles. The summed E-state index contributed by atoms with van der Waals surface area (Å²) in [7, 11) is 1.46. The lowest BCUT2D eigenvalue weighted by Gasteiger charge is -2.04. The van der Waals surface area contributed by atoms with Crippen molar-refractivity contribution < 1.29 is 14.8 Å². The highest BCUT2D eigenvalue weighted by molar-refractivity contribution is 5.97. The van der Waals surface area contributed by atoms with E-state index in [2.05, 4.69) is 10.9 Å². The molecule has 1 rings (SSSR count). The molecule has 0 aliphatic carbocycles. The Balaban J connectivity index is 3.10. The highest BCUT2D eigenvalue weighted by Gasteiger charge is 2.15. The molecule has 1 amide bonds. The van der Waals surface area contributed by atoms with E-state index in [1.54, 1.807) is 0 Å². The molecule has 1 aromatic rings. The number of nitrogens with zero attached hydrogens (tertiary/aromatic N) is 1. The van der Waals surface area contributed by atoms with Crippen LogP contribution < -0.4 is 10.9 Å². The van der Waals surface area contributed by atoms with Crippen LogP contribution in [0.3, 0.4) is 0 Å². The number of carbonyl (C=O) groups is 1. The van der Waals surface area contributed by atoms with Crippen LogP contribution in [0.1, 0.15) is 10.4 Å². The molecule has 7 heteroatoms. The predicted molar refractivity (Wildman–Crippen MR) is 51.3 cm³/mol. The zero-order valence-electron chi connectivity index (χ0n) is 7.85. The maximum Gasteiger partial charge on any atom is 0.270 e. The fraction of sp³-hybridized carbons (Fsp3) is 0.125. The second-order valence-electron chi connectivity index (χ2n) is 2.66. The topological polar surface area (TPSA) is 104 Å². The lowest BCUT2D eigenvalue weighted by molar-refractivity contribution is -0.384. The van der Waals surface area contributed by atoms with Gasteiger partial charge in [0, 0.05) is 19.2 Å². The minimum atomic E-state index is -0.643. The zero-order valence-corrected chi connectivity index (χ0v) is 7.85. The van der Waals surface area contributed by atoms with Gasteiger partial charge in [-0.1, -0.05) is 0 Å². The van der Waals surface area contributed by atoms with Gasteiger partial charge in [0.15, 0.2) is 0 Å². The first-order chi connectivity index (χ1) is 7.06. The van der Waals surface area contributed by atoms with Crippen LogP contribution in [0, 0.1) is 10.1 Å². The number of amides is 1. The van der Waals surface area contributed by atoms with Gasteiger partial charge in [-0.05, 0) is 6.07 Å². The molecule has 0 fully saturated rings. The third-order valence-electron chi connectivity index (χ3n) is 1.67. The van der Waals surface area contributed by atoms with Gasteiger partial charge in [0.25, 0.3) is 11.6 Å². The molecular weight excluding hydrogens is 202 g/mol. The van der Waals surface area contributed by atoms with E-state index in [-0.39, 0.29) is 17.0 Å². The van der Waals surface area contributed by atoms with E-state index in [9.17, 15) is 20.0 Å². The normalized spacial score (nSPS) is 9.67. The third kappa shape index (κ3) is 2.41. The minimum Gasteiger partial charge on any atom is -0.507 e. The van der Waals surface area contributed by atoms with E-state index in [1.807, 2.05) is 0 Å². The van der Waals surface area contributed by atoms with Crippen molar-refractivity contribution in [2.75, 3.05) is 7.05 Å². The van der Waals surface area contributed by atoms with Crippen molar-refractivity contribution in [1.82, 2.24) is 10.9 Å². The van der Waals surface area contributed by atoms with E-state index >= 15 is 0 Å². The first-order valence-corrected chi connectivity index (χ1v) is 4.00. The summed E-state index contributed by atoms with van der Waals surface area (Å²) in [5.41, 5.74) is 4.15. The SMILES string of the molecule is CNNC(=O)c1cc([N+](=O)[O-])ccc1O. The standard InChI is InChI=1S/C8H9N3O4/c1-9-10-8(13)6-4-5(11(14)15)2-3-7(6)12/h2-4,9,12H,1H3,(H,10,13). The molecule has 0 aromatic heterocycles. The number of nitro groups is 1. The maximum atomic E-state index is 11.3. The molecule has 1 aromatic carbocycles. The quantitative estimate of drug-likeness (QED) is 0.488. The maximum absolute atomic E-state index is 11.3. The van der Waals surface area contributed by atoms with Crippen LogP contribution in [-0.4, -0.2) is 23.0 Å².